The smallest absolute Gasteiger partial charge is 0.311 e. The van der Waals surface area contributed by atoms with E-state index >= 15 is 0 Å². The van der Waals surface area contributed by atoms with E-state index in [0.29, 0.717) is 0 Å². The van der Waals surface area contributed by atoms with Crippen LogP contribution in [0, 0.1) is 5.92 Å². The number of carbonyl (C=O) groups is 1. The van der Waals surface area contributed by atoms with Gasteiger partial charge in [-0.05, 0) is 12.8 Å². The lowest BCUT2D eigenvalue weighted by atomic mass is 10.4. The number of hydrogen-bond acceptors (Lipinski definition) is 3. The largest absolute Gasteiger partial charge is 0.436 e. The summed E-state index contributed by atoms with van der Waals surface area (Å²) in [6.07, 6.45) is 2.34. The molecule has 1 fully saturated rings. The van der Waals surface area contributed by atoms with E-state index in [1.807, 2.05) is 6.92 Å². The van der Waals surface area contributed by atoms with Gasteiger partial charge >= 0.3 is 5.97 Å². The summed E-state index contributed by atoms with van der Waals surface area (Å²) in [5.74, 6) is 0.0675. The lowest BCUT2D eigenvalue weighted by molar-refractivity contribution is -0.175. The molecule has 0 amide bonds. The Kier molecular flexibility index (Phi) is 2.88. The molecule has 0 spiro atoms. The average molecular weight is 158 g/mol. The highest BCUT2D eigenvalue weighted by atomic mass is 16.7. The van der Waals surface area contributed by atoms with Crippen molar-refractivity contribution in [1.82, 2.24) is 0 Å². The fourth-order valence-electron chi connectivity index (χ4n) is 0.843. The third kappa shape index (κ3) is 2.50. The number of carbonyl (C=O) groups excluding carboxylic acids is 1. The fraction of sp³-hybridized carbons (Fsp3) is 0.875. The van der Waals surface area contributed by atoms with Crippen molar-refractivity contribution in [3.63, 3.8) is 0 Å². The minimum Gasteiger partial charge on any atom is -0.436 e. The van der Waals surface area contributed by atoms with Crippen LogP contribution in [0.3, 0.4) is 0 Å². The summed E-state index contributed by atoms with van der Waals surface area (Å²) in [7, 11) is 1.55. The van der Waals surface area contributed by atoms with Crippen molar-refractivity contribution < 1.29 is 14.3 Å². The van der Waals surface area contributed by atoms with E-state index in [1.165, 1.54) is 0 Å². The zero-order valence-corrected chi connectivity index (χ0v) is 7.00. The third-order valence-corrected chi connectivity index (χ3v) is 1.75. The molecule has 1 atom stereocenters. The van der Waals surface area contributed by atoms with Crippen molar-refractivity contribution in [3.05, 3.63) is 0 Å². The van der Waals surface area contributed by atoms with Gasteiger partial charge in [-0.2, -0.15) is 0 Å². The molecule has 0 heterocycles. The molecule has 0 N–H and O–H groups in total. The van der Waals surface area contributed by atoms with Crippen LogP contribution in [0.25, 0.3) is 0 Å². The van der Waals surface area contributed by atoms with Crippen LogP contribution in [0.2, 0.25) is 0 Å². The Morgan fingerprint density at radius 1 is 1.64 bits per heavy atom. The van der Waals surface area contributed by atoms with Crippen LogP contribution >= 0.6 is 0 Å². The number of methoxy groups -OCH3 is 1. The van der Waals surface area contributed by atoms with Crippen molar-refractivity contribution in [2.24, 2.45) is 5.92 Å². The Balaban J connectivity index is 2.20. The highest BCUT2D eigenvalue weighted by Crippen LogP contribution is 2.30. The molecule has 3 nitrogen and oxygen atoms in total. The van der Waals surface area contributed by atoms with Gasteiger partial charge in [-0.3, -0.25) is 4.79 Å². The highest BCUT2D eigenvalue weighted by Gasteiger charge is 2.32. The zero-order valence-electron chi connectivity index (χ0n) is 7.00. The quantitative estimate of drug-likeness (QED) is 0.457. The molecule has 11 heavy (non-hydrogen) atoms. The summed E-state index contributed by atoms with van der Waals surface area (Å²) < 4.78 is 9.92. The number of esters is 1. The Bertz CT molecular complexity index is 136. The van der Waals surface area contributed by atoms with E-state index in [4.69, 9.17) is 9.47 Å². The van der Waals surface area contributed by atoms with Gasteiger partial charge in [-0.25, -0.2) is 0 Å². The lowest BCUT2D eigenvalue weighted by Crippen LogP contribution is -2.19. The monoisotopic (exact) mass is 158 g/mol. The van der Waals surface area contributed by atoms with Crippen LogP contribution in [0.4, 0.5) is 0 Å². The molecule has 0 radical (unpaired) electrons. The Morgan fingerprint density at radius 3 is 2.64 bits per heavy atom. The second kappa shape index (κ2) is 3.72. The maximum atomic E-state index is 11.0. The first-order valence-electron chi connectivity index (χ1n) is 4.01. The lowest BCUT2D eigenvalue weighted by Gasteiger charge is -2.13. The van der Waals surface area contributed by atoms with Crippen LogP contribution < -0.4 is 0 Å². The molecule has 0 saturated heterocycles. The van der Waals surface area contributed by atoms with E-state index in [-0.39, 0.29) is 18.2 Å². The van der Waals surface area contributed by atoms with Gasteiger partial charge in [-0.15, -0.1) is 0 Å². The Hall–Kier alpha value is -0.570. The van der Waals surface area contributed by atoms with Gasteiger partial charge in [-0.1, -0.05) is 6.92 Å². The SMILES string of the molecule is CCC(OC)OC(=O)C1CC1. The van der Waals surface area contributed by atoms with E-state index in [0.717, 1.165) is 19.3 Å². The molecule has 1 rings (SSSR count). The maximum Gasteiger partial charge on any atom is 0.311 e. The van der Waals surface area contributed by atoms with Gasteiger partial charge in [0.2, 0.25) is 6.29 Å². The predicted octanol–water partition coefficient (Wildman–Crippen LogP) is 1.32. The fourth-order valence-corrected chi connectivity index (χ4v) is 0.843. The van der Waals surface area contributed by atoms with Crippen molar-refractivity contribution in [2.45, 2.75) is 32.5 Å². The Morgan fingerprint density at radius 2 is 2.27 bits per heavy atom. The molecule has 0 aromatic carbocycles. The molecule has 1 unspecified atom stereocenters. The highest BCUT2D eigenvalue weighted by molar-refractivity contribution is 5.74. The van der Waals surface area contributed by atoms with E-state index in [9.17, 15) is 4.79 Å². The summed E-state index contributed by atoms with van der Waals surface area (Å²) in [5, 5.41) is 0. The second-order valence-electron chi connectivity index (χ2n) is 2.78. The van der Waals surface area contributed by atoms with Crippen LogP contribution in [-0.2, 0) is 14.3 Å². The second-order valence-corrected chi connectivity index (χ2v) is 2.78. The molecular weight excluding hydrogens is 144 g/mol. The minimum atomic E-state index is -0.344. The third-order valence-electron chi connectivity index (χ3n) is 1.75. The van der Waals surface area contributed by atoms with Crippen LogP contribution in [-0.4, -0.2) is 19.4 Å². The molecule has 1 saturated carbocycles. The van der Waals surface area contributed by atoms with Gasteiger partial charge in [0.05, 0.1) is 5.92 Å². The Labute approximate surface area is 66.7 Å². The number of ether oxygens (including phenoxy) is 2. The molecule has 1 aliphatic rings. The first kappa shape index (κ1) is 8.53. The van der Waals surface area contributed by atoms with Crippen molar-refractivity contribution in [1.29, 1.82) is 0 Å². The average Bonchev–Trinajstić information content (AvgIpc) is 2.81. The first-order chi connectivity index (χ1) is 5.27. The van der Waals surface area contributed by atoms with Crippen molar-refractivity contribution >= 4 is 5.97 Å². The predicted molar refractivity (Wildman–Crippen MR) is 39.9 cm³/mol. The zero-order chi connectivity index (χ0) is 8.27. The van der Waals surface area contributed by atoms with Crippen LogP contribution in [0.5, 0.6) is 0 Å². The molecule has 64 valence electrons. The summed E-state index contributed by atoms with van der Waals surface area (Å²) in [6.45, 7) is 1.92. The van der Waals surface area contributed by atoms with Crippen molar-refractivity contribution in [2.75, 3.05) is 7.11 Å². The molecule has 0 aromatic heterocycles. The number of rotatable bonds is 4. The topological polar surface area (TPSA) is 35.5 Å². The van der Waals surface area contributed by atoms with Crippen LogP contribution in [0.1, 0.15) is 26.2 Å². The molecule has 1 aliphatic carbocycles. The van der Waals surface area contributed by atoms with E-state index in [2.05, 4.69) is 0 Å². The summed E-state index contributed by atoms with van der Waals surface area (Å²) in [6, 6.07) is 0. The summed E-state index contributed by atoms with van der Waals surface area (Å²) >= 11 is 0. The number of hydrogen-bond donors (Lipinski definition) is 0. The van der Waals surface area contributed by atoms with Gasteiger partial charge < -0.3 is 9.47 Å². The maximum absolute atomic E-state index is 11.0. The van der Waals surface area contributed by atoms with E-state index < -0.39 is 0 Å². The molecule has 0 bridgehead atoms. The molecular formula is C8H14O3. The van der Waals surface area contributed by atoms with Gasteiger partial charge in [0.15, 0.2) is 0 Å². The van der Waals surface area contributed by atoms with Crippen LogP contribution in [0.15, 0.2) is 0 Å². The molecule has 0 aromatic rings. The standard InChI is InChI=1S/C8H14O3/c1-3-7(10-2)11-8(9)6-4-5-6/h6-7H,3-5H2,1-2H3. The van der Waals surface area contributed by atoms with E-state index in [1.54, 1.807) is 7.11 Å². The van der Waals surface area contributed by atoms with Gasteiger partial charge in [0.25, 0.3) is 0 Å². The first-order valence-corrected chi connectivity index (χ1v) is 4.01. The van der Waals surface area contributed by atoms with Gasteiger partial charge in [0.1, 0.15) is 0 Å². The van der Waals surface area contributed by atoms with Gasteiger partial charge in [0, 0.05) is 13.5 Å². The normalized spacial score (nSPS) is 19.5. The molecule has 3 heteroatoms. The summed E-state index contributed by atoms with van der Waals surface area (Å²) in [5.41, 5.74) is 0. The minimum absolute atomic E-state index is 0.0984. The van der Waals surface area contributed by atoms with Crippen molar-refractivity contribution in [3.8, 4) is 0 Å². The summed E-state index contributed by atoms with van der Waals surface area (Å²) in [4.78, 5) is 11.0. The molecule has 0 aliphatic heterocycles.